The third-order valence-corrected chi connectivity index (χ3v) is 6.45. The fourth-order valence-corrected chi connectivity index (χ4v) is 4.27. The van der Waals surface area contributed by atoms with Gasteiger partial charge in [-0.05, 0) is 55.3 Å². The van der Waals surface area contributed by atoms with Gasteiger partial charge >= 0.3 is 0 Å². The molecule has 1 N–H and O–H groups in total. The second-order valence-electron chi connectivity index (χ2n) is 7.28. The van der Waals surface area contributed by atoms with Crippen LogP contribution < -0.4 is 10.2 Å². The van der Waals surface area contributed by atoms with Crippen molar-refractivity contribution >= 4 is 28.1 Å². The molecule has 4 nitrogen and oxygen atoms in total. The van der Waals surface area contributed by atoms with Crippen LogP contribution in [0.5, 0.6) is 0 Å². The van der Waals surface area contributed by atoms with Gasteiger partial charge in [-0.3, -0.25) is 9.00 Å². The van der Waals surface area contributed by atoms with Gasteiger partial charge in [0.25, 0.3) is 5.91 Å². The largest absolute Gasteiger partial charge is 0.371 e. The highest BCUT2D eigenvalue weighted by Crippen LogP contribution is 2.23. The molecule has 0 aromatic heterocycles. The van der Waals surface area contributed by atoms with Crippen LogP contribution in [-0.2, 0) is 10.8 Å². The molecule has 1 aliphatic heterocycles. The zero-order chi connectivity index (χ0) is 19.2. The lowest BCUT2D eigenvalue weighted by Gasteiger charge is -2.23. The van der Waals surface area contributed by atoms with Gasteiger partial charge in [-0.25, -0.2) is 0 Å². The smallest absolute Gasteiger partial charge is 0.255 e. The average Bonchev–Trinajstić information content (AvgIpc) is 2.97. The van der Waals surface area contributed by atoms with E-state index in [1.807, 2.05) is 32.0 Å². The van der Waals surface area contributed by atoms with Crippen LogP contribution >= 0.6 is 0 Å². The molecule has 0 spiro atoms. The molecule has 144 valence electrons. The first-order valence-corrected chi connectivity index (χ1v) is 10.9. The first-order valence-electron chi connectivity index (χ1n) is 9.71. The molecule has 1 amide bonds. The van der Waals surface area contributed by atoms with Crippen molar-refractivity contribution in [3.8, 4) is 0 Å². The Labute approximate surface area is 164 Å². The summed E-state index contributed by atoms with van der Waals surface area (Å²) in [5.41, 5.74) is 2.54. The monoisotopic (exact) mass is 384 g/mol. The summed E-state index contributed by atoms with van der Waals surface area (Å²) in [4.78, 5) is 15.7. The predicted octanol–water partition coefficient (Wildman–Crippen LogP) is 4.84. The summed E-state index contributed by atoms with van der Waals surface area (Å²) in [6.07, 6.45) is 5.04. The van der Waals surface area contributed by atoms with E-state index in [0.717, 1.165) is 29.4 Å². The molecule has 0 aliphatic carbocycles. The highest BCUT2D eigenvalue weighted by Gasteiger charge is 2.13. The molecule has 27 heavy (non-hydrogen) atoms. The molecule has 1 saturated heterocycles. The lowest BCUT2D eigenvalue weighted by Crippen LogP contribution is -2.24. The van der Waals surface area contributed by atoms with Crippen LogP contribution in [0.2, 0.25) is 0 Å². The van der Waals surface area contributed by atoms with Crippen LogP contribution in [0.3, 0.4) is 0 Å². The first kappa shape index (κ1) is 19.6. The molecular weight excluding hydrogens is 356 g/mol. The van der Waals surface area contributed by atoms with Gasteiger partial charge in [0, 0.05) is 40.2 Å². The highest BCUT2D eigenvalue weighted by atomic mass is 32.2. The fraction of sp³-hybridized carbons (Fsp3) is 0.409. The van der Waals surface area contributed by atoms with Crippen molar-refractivity contribution in [3.63, 3.8) is 0 Å². The van der Waals surface area contributed by atoms with Gasteiger partial charge in [-0.2, -0.15) is 0 Å². The van der Waals surface area contributed by atoms with E-state index in [4.69, 9.17) is 0 Å². The SMILES string of the molecule is CC(C)[S@](=O)c1ccc(C(=O)Nc2cccc(N3CCCCCC3)c2)cc1. The fourth-order valence-electron chi connectivity index (χ4n) is 3.33. The summed E-state index contributed by atoms with van der Waals surface area (Å²) >= 11 is 0. The van der Waals surface area contributed by atoms with Gasteiger partial charge in [0.1, 0.15) is 0 Å². The summed E-state index contributed by atoms with van der Waals surface area (Å²) in [5.74, 6) is -0.148. The second-order valence-corrected chi connectivity index (χ2v) is 9.29. The van der Waals surface area contributed by atoms with Gasteiger partial charge in [-0.1, -0.05) is 32.8 Å². The minimum absolute atomic E-state index is 0.0615. The van der Waals surface area contributed by atoms with E-state index in [1.165, 1.54) is 25.7 Å². The van der Waals surface area contributed by atoms with Crippen LogP contribution in [0.1, 0.15) is 49.9 Å². The molecule has 0 bridgehead atoms. The van der Waals surface area contributed by atoms with E-state index in [-0.39, 0.29) is 11.2 Å². The molecule has 1 heterocycles. The Bertz CT molecular complexity index is 794. The molecule has 1 aliphatic rings. The van der Waals surface area contributed by atoms with Crippen molar-refractivity contribution < 1.29 is 9.00 Å². The number of carbonyl (C=O) groups is 1. The van der Waals surface area contributed by atoms with Crippen LogP contribution in [-0.4, -0.2) is 28.5 Å². The van der Waals surface area contributed by atoms with Gasteiger partial charge in [-0.15, -0.1) is 0 Å². The third-order valence-electron chi connectivity index (χ3n) is 4.85. The maximum Gasteiger partial charge on any atom is 0.255 e. The Kier molecular flexibility index (Phi) is 6.67. The zero-order valence-electron chi connectivity index (χ0n) is 16.1. The Morgan fingerprint density at radius 1 is 1.00 bits per heavy atom. The topological polar surface area (TPSA) is 49.4 Å². The van der Waals surface area contributed by atoms with Crippen molar-refractivity contribution in [3.05, 3.63) is 54.1 Å². The lowest BCUT2D eigenvalue weighted by molar-refractivity contribution is 0.102. The molecular formula is C22H28N2O2S. The van der Waals surface area contributed by atoms with Gasteiger partial charge in [0.2, 0.25) is 0 Å². The third kappa shape index (κ3) is 5.19. The molecule has 0 unspecified atom stereocenters. The van der Waals surface area contributed by atoms with E-state index in [9.17, 15) is 9.00 Å². The van der Waals surface area contributed by atoms with Crippen LogP contribution in [0.25, 0.3) is 0 Å². The van der Waals surface area contributed by atoms with Crippen LogP contribution in [0.15, 0.2) is 53.4 Å². The van der Waals surface area contributed by atoms with E-state index in [0.29, 0.717) is 5.56 Å². The Balaban J connectivity index is 1.68. The van der Waals surface area contributed by atoms with E-state index >= 15 is 0 Å². The number of carbonyl (C=O) groups excluding carboxylic acids is 1. The highest BCUT2D eigenvalue weighted by molar-refractivity contribution is 7.85. The van der Waals surface area contributed by atoms with Crippen molar-refractivity contribution in [1.29, 1.82) is 0 Å². The number of nitrogens with zero attached hydrogens (tertiary/aromatic N) is 1. The van der Waals surface area contributed by atoms with Gasteiger partial charge in [0.15, 0.2) is 0 Å². The lowest BCUT2D eigenvalue weighted by atomic mass is 10.2. The minimum Gasteiger partial charge on any atom is -0.371 e. The molecule has 2 aromatic rings. The molecule has 1 atom stereocenters. The van der Waals surface area contributed by atoms with Crippen molar-refractivity contribution in [2.24, 2.45) is 0 Å². The number of hydrogen-bond acceptors (Lipinski definition) is 3. The predicted molar refractivity (Wildman–Crippen MR) is 113 cm³/mol. The summed E-state index contributed by atoms with van der Waals surface area (Å²) in [6.45, 7) is 6.00. The average molecular weight is 385 g/mol. The van der Waals surface area contributed by atoms with Gasteiger partial charge in [0.05, 0.1) is 10.8 Å². The standard InChI is InChI=1S/C22H28N2O2S/c1-17(2)27(26)21-12-10-18(11-13-21)22(25)23-19-8-7-9-20(16-19)24-14-5-3-4-6-15-24/h7-13,16-17H,3-6,14-15H2,1-2H3,(H,23,25)/t27-/m0/s1. The van der Waals surface area contributed by atoms with Crippen molar-refractivity contribution in [2.45, 2.75) is 49.7 Å². The van der Waals surface area contributed by atoms with Crippen molar-refractivity contribution in [2.75, 3.05) is 23.3 Å². The number of rotatable bonds is 5. The molecule has 5 heteroatoms. The van der Waals surface area contributed by atoms with E-state index < -0.39 is 10.8 Å². The number of amides is 1. The van der Waals surface area contributed by atoms with E-state index in [1.54, 1.807) is 24.3 Å². The van der Waals surface area contributed by atoms with E-state index in [2.05, 4.69) is 16.3 Å². The molecule has 2 aromatic carbocycles. The second kappa shape index (κ2) is 9.18. The maximum absolute atomic E-state index is 12.6. The molecule has 3 rings (SSSR count). The Morgan fingerprint density at radius 3 is 2.30 bits per heavy atom. The summed E-state index contributed by atoms with van der Waals surface area (Å²) in [7, 11) is -1.04. The van der Waals surface area contributed by atoms with Crippen LogP contribution in [0, 0.1) is 0 Å². The van der Waals surface area contributed by atoms with Crippen LogP contribution in [0.4, 0.5) is 11.4 Å². The summed E-state index contributed by atoms with van der Waals surface area (Å²) < 4.78 is 12.1. The number of anilines is 2. The van der Waals surface area contributed by atoms with Gasteiger partial charge < -0.3 is 10.2 Å². The first-order chi connectivity index (χ1) is 13.0. The quantitative estimate of drug-likeness (QED) is 0.803. The number of benzene rings is 2. The zero-order valence-corrected chi connectivity index (χ0v) is 16.9. The normalized spacial score (nSPS) is 16.0. The number of hydrogen-bond donors (Lipinski definition) is 1. The number of nitrogens with one attached hydrogen (secondary N) is 1. The molecule has 0 radical (unpaired) electrons. The maximum atomic E-state index is 12.6. The van der Waals surface area contributed by atoms with Crippen molar-refractivity contribution in [1.82, 2.24) is 0 Å². The summed E-state index contributed by atoms with van der Waals surface area (Å²) in [6, 6.07) is 15.1. The molecule has 0 saturated carbocycles. The summed E-state index contributed by atoms with van der Waals surface area (Å²) in [5, 5.41) is 3.04. The minimum atomic E-state index is -1.04. The Hall–Kier alpha value is -2.14. The Morgan fingerprint density at radius 2 is 1.67 bits per heavy atom. The molecule has 1 fully saturated rings.